The summed E-state index contributed by atoms with van der Waals surface area (Å²) in [7, 11) is 0. The van der Waals surface area contributed by atoms with Gasteiger partial charge in [0.15, 0.2) is 0 Å². The number of hydrogen-bond acceptors (Lipinski definition) is 7. The van der Waals surface area contributed by atoms with Gasteiger partial charge in [-0.3, -0.25) is 14.6 Å². The van der Waals surface area contributed by atoms with Crippen LogP contribution in [-0.2, 0) is 4.79 Å². The predicted octanol–water partition coefficient (Wildman–Crippen LogP) is 0.234. The maximum Gasteiger partial charge on any atom is 0.296 e. The van der Waals surface area contributed by atoms with E-state index in [-0.39, 0.29) is 11.7 Å². The van der Waals surface area contributed by atoms with Gasteiger partial charge in [-0.1, -0.05) is 12.1 Å². The first-order valence-corrected chi connectivity index (χ1v) is 5.60. The quantitative estimate of drug-likeness (QED) is 0.585. The summed E-state index contributed by atoms with van der Waals surface area (Å²) in [6, 6.07) is -0.673. The van der Waals surface area contributed by atoms with Crippen LogP contribution in [0, 0.1) is 0 Å². The molecule has 2 heterocycles. The summed E-state index contributed by atoms with van der Waals surface area (Å²) in [5.41, 5.74) is 0.404. The van der Waals surface area contributed by atoms with Crippen LogP contribution in [0.3, 0.4) is 0 Å². The number of hydrogen-bond donors (Lipinski definition) is 1. The first-order chi connectivity index (χ1) is 9.26. The summed E-state index contributed by atoms with van der Waals surface area (Å²) in [4.78, 5) is 34.2. The molecule has 8 heteroatoms. The summed E-state index contributed by atoms with van der Waals surface area (Å²) in [6.45, 7) is 1.76. The van der Waals surface area contributed by atoms with Crippen LogP contribution in [0.4, 0.5) is 0 Å². The van der Waals surface area contributed by atoms with E-state index in [1.807, 2.05) is 0 Å². The molecular weight excluding hydrogens is 250 g/mol. The van der Waals surface area contributed by atoms with Crippen LogP contribution in [0.15, 0.2) is 23.1 Å². The summed E-state index contributed by atoms with van der Waals surface area (Å²) >= 11 is 0. The van der Waals surface area contributed by atoms with E-state index in [0.717, 1.165) is 0 Å². The smallest absolute Gasteiger partial charge is 0.296 e. The molecule has 1 atom stereocenters. The molecule has 98 valence electrons. The molecule has 0 radical (unpaired) electrons. The van der Waals surface area contributed by atoms with Crippen molar-refractivity contribution in [2.45, 2.75) is 19.4 Å². The molecule has 2 aromatic rings. The van der Waals surface area contributed by atoms with Crippen LogP contribution < -0.4 is 5.32 Å². The van der Waals surface area contributed by atoms with Crippen molar-refractivity contribution in [3.8, 4) is 11.5 Å². The summed E-state index contributed by atoms with van der Waals surface area (Å²) in [6.07, 6.45) is 5.35. The number of rotatable bonds is 6. The van der Waals surface area contributed by atoms with E-state index >= 15 is 0 Å². The van der Waals surface area contributed by atoms with E-state index in [9.17, 15) is 9.59 Å². The van der Waals surface area contributed by atoms with Gasteiger partial charge in [-0.25, -0.2) is 4.98 Å². The van der Waals surface area contributed by atoms with Gasteiger partial charge in [0.25, 0.3) is 5.89 Å². The van der Waals surface area contributed by atoms with E-state index in [1.54, 1.807) is 6.92 Å². The summed E-state index contributed by atoms with van der Waals surface area (Å²) < 4.78 is 4.88. The zero-order chi connectivity index (χ0) is 13.7. The summed E-state index contributed by atoms with van der Waals surface area (Å²) in [5, 5.41) is 6.05. The Kier molecular flexibility index (Phi) is 3.91. The lowest BCUT2D eigenvalue weighted by Crippen LogP contribution is -2.35. The van der Waals surface area contributed by atoms with Crippen molar-refractivity contribution in [1.29, 1.82) is 0 Å². The van der Waals surface area contributed by atoms with Gasteiger partial charge in [0, 0.05) is 12.4 Å². The Bertz CT molecular complexity index is 569. The molecule has 1 amide bonds. The third kappa shape index (κ3) is 2.79. The van der Waals surface area contributed by atoms with Crippen LogP contribution in [0.1, 0.15) is 24.0 Å². The Morgan fingerprint density at radius 3 is 3.00 bits per heavy atom. The molecule has 0 aliphatic rings. The fourth-order valence-electron chi connectivity index (χ4n) is 1.45. The summed E-state index contributed by atoms with van der Waals surface area (Å²) in [5.74, 6) is -0.420. The molecule has 0 aromatic carbocycles. The Morgan fingerprint density at radius 1 is 1.53 bits per heavy atom. The van der Waals surface area contributed by atoms with Gasteiger partial charge in [-0.15, -0.1) is 0 Å². The zero-order valence-corrected chi connectivity index (χ0v) is 10.1. The highest BCUT2D eigenvalue weighted by Crippen LogP contribution is 2.12. The normalized spacial score (nSPS) is 11.8. The van der Waals surface area contributed by atoms with E-state index in [1.165, 1.54) is 18.6 Å². The lowest BCUT2D eigenvalue weighted by atomic mass is 10.1. The van der Waals surface area contributed by atoms with Crippen molar-refractivity contribution in [3.63, 3.8) is 0 Å². The molecule has 8 nitrogen and oxygen atoms in total. The minimum Gasteiger partial charge on any atom is -0.348 e. The van der Waals surface area contributed by atoms with E-state index in [0.29, 0.717) is 18.5 Å². The average Bonchev–Trinajstić information content (AvgIpc) is 2.95. The molecule has 2 rings (SSSR count). The molecule has 0 spiro atoms. The van der Waals surface area contributed by atoms with Crippen molar-refractivity contribution < 1.29 is 14.1 Å². The monoisotopic (exact) mass is 261 g/mol. The molecule has 1 N–H and O–H groups in total. The Labute approximate surface area is 108 Å². The SMILES string of the molecule is CCC(NC=O)C(=O)c1nc(-c2cnccn2)no1. The van der Waals surface area contributed by atoms with Crippen LogP contribution in [0.2, 0.25) is 0 Å². The van der Waals surface area contributed by atoms with Gasteiger partial charge in [-0.05, 0) is 6.42 Å². The number of ketones is 1. The Hall–Kier alpha value is -2.64. The predicted molar refractivity (Wildman–Crippen MR) is 62.9 cm³/mol. The van der Waals surface area contributed by atoms with Gasteiger partial charge in [0.1, 0.15) is 5.69 Å². The molecule has 0 saturated heterocycles. The third-order valence-electron chi connectivity index (χ3n) is 2.42. The van der Waals surface area contributed by atoms with Gasteiger partial charge < -0.3 is 9.84 Å². The van der Waals surface area contributed by atoms with Crippen LogP contribution in [0.5, 0.6) is 0 Å². The standard InChI is InChI=1S/C11H11N5O3/c1-2-7(14-6-17)9(18)11-15-10(16-19-11)8-5-12-3-4-13-8/h3-7H,2H2,1H3,(H,14,17). The van der Waals surface area contributed by atoms with Crippen molar-refractivity contribution in [3.05, 3.63) is 24.5 Å². The molecule has 1 unspecified atom stereocenters. The van der Waals surface area contributed by atoms with Crippen molar-refractivity contribution in [2.75, 3.05) is 0 Å². The Morgan fingerprint density at radius 2 is 2.37 bits per heavy atom. The van der Waals surface area contributed by atoms with E-state index in [2.05, 4.69) is 25.4 Å². The second-order valence-electron chi connectivity index (χ2n) is 3.62. The number of amides is 1. The van der Waals surface area contributed by atoms with E-state index in [4.69, 9.17) is 4.52 Å². The Balaban J connectivity index is 2.21. The maximum absolute atomic E-state index is 12.0. The van der Waals surface area contributed by atoms with Crippen molar-refractivity contribution in [1.82, 2.24) is 25.4 Å². The molecule has 0 aliphatic heterocycles. The molecular formula is C11H11N5O3. The number of nitrogens with zero attached hydrogens (tertiary/aromatic N) is 4. The minimum atomic E-state index is -0.673. The number of carbonyl (C=O) groups excluding carboxylic acids is 2. The fourth-order valence-corrected chi connectivity index (χ4v) is 1.45. The topological polar surface area (TPSA) is 111 Å². The second kappa shape index (κ2) is 5.80. The molecule has 0 fully saturated rings. The first kappa shape index (κ1) is 12.8. The average molecular weight is 261 g/mol. The van der Waals surface area contributed by atoms with Crippen LogP contribution in [-0.4, -0.2) is 38.3 Å². The van der Waals surface area contributed by atoms with Crippen LogP contribution >= 0.6 is 0 Å². The number of nitrogens with one attached hydrogen (secondary N) is 1. The fraction of sp³-hybridized carbons (Fsp3) is 0.273. The molecule has 0 bridgehead atoms. The molecule has 2 aromatic heterocycles. The zero-order valence-electron chi connectivity index (χ0n) is 10.1. The number of Topliss-reactive ketones (excluding diaryl/α,β-unsaturated/α-hetero) is 1. The lowest BCUT2D eigenvalue weighted by molar-refractivity contribution is -0.110. The van der Waals surface area contributed by atoms with Gasteiger partial charge in [-0.2, -0.15) is 4.98 Å². The van der Waals surface area contributed by atoms with Gasteiger partial charge in [0.05, 0.1) is 12.2 Å². The lowest BCUT2D eigenvalue weighted by Gasteiger charge is -2.08. The first-order valence-electron chi connectivity index (χ1n) is 5.60. The highest BCUT2D eigenvalue weighted by atomic mass is 16.5. The third-order valence-corrected chi connectivity index (χ3v) is 2.42. The van der Waals surface area contributed by atoms with E-state index < -0.39 is 11.8 Å². The van der Waals surface area contributed by atoms with Gasteiger partial charge in [0.2, 0.25) is 18.0 Å². The number of aromatic nitrogens is 4. The van der Waals surface area contributed by atoms with Crippen LogP contribution in [0.25, 0.3) is 11.5 Å². The van der Waals surface area contributed by atoms with Gasteiger partial charge >= 0.3 is 0 Å². The number of carbonyl (C=O) groups is 2. The molecule has 19 heavy (non-hydrogen) atoms. The molecule has 0 saturated carbocycles. The van der Waals surface area contributed by atoms with Crippen molar-refractivity contribution in [2.24, 2.45) is 0 Å². The maximum atomic E-state index is 12.0. The second-order valence-corrected chi connectivity index (χ2v) is 3.62. The highest BCUT2D eigenvalue weighted by Gasteiger charge is 2.24. The highest BCUT2D eigenvalue weighted by molar-refractivity contribution is 5.97. The minimum absolute atomic E-state index is 0.165. The van der Waals surface area contributed by atoms with Crippen molar-refractivity contribution >= 4 is 12.2 Å². The largest absolute Gasteiger partial charge is 0.348 e. The molecule has 0 aliphatic carbocycles.